The Hall–Kier alpha value is -2.48. The number of nitrogens with zero attached hydrogens (tertiary/aromatic N) is 1. The first-order valence-electron chi connectivity index (χ1n) is 11.4. The molecule has 1 aliphatic rings. The van der Waals surface area contributed by atoms with Gasteiger partial charge in [0.2, 0.25) is 0 Å². The second-order valence-corrected chi connectivity index (χ2v) is 9.12. The second-order valence-electron chi connectivity index (χ2n) is 8.28. The van der Waals surface area contributed by atoms with E-state index in [2.05, 4.69) is 5.32 Å². The van der Waals surface area contributed by atoms with Crippen molar-refractivity contribution in [1.82, 2.24) is 4.90 Å². The average molecular weight is 509 g/mol. The molecule has 0 spiro atoms. The van der Waals surface area contributed by atoms with Gasteiger partial charge in [0.15, 0.2) is 6.10 Å². The van der Waals surface area contributed by atoms with Crippen molar-refractivity contribution >= 4 is 40.9 Å². The molecule has 0 saturated heterocycles. The van der Waals surface area contributed by atoms with Crippen molar-refractivity contribution in [3.05, 3.63) is 58.1 Å². The topological polar surface area (TPSA) is 88.1 Å². The predicted molar refractivity (Wildman–Crippen MR) is 133 cm³/mol. The summed E-state index contributed by atoms with van der Waals surface area (Å²) in [6, 6.07) is 12.0. The Balaban J connectivity index is 1.54. The van der Waals surface area contributed by atoms with Crippen LogP contribution in [-0.2, 0) is 16.0 Å². The molecule has 34 heavy (non-hydrogen) atoms. The number of carboxylic acids is 1. The highest BCUT2D eigenvalue weighted by Crippen LogP contribution is 2.28. The van der Waals surface area contributed by atoms with Crippen LogP contribution in [0.2, 0.25) is 10.0 Å². The molecule has 1 saturated carbocycles. The molecule has 7 nitrogen and oxygen atoms in total. The fourth-order valence-corrected chi connectivity index (χ4v) is 4.13. The van der Waals surface area contributed by atoms with Crippen molar-refractivity contribution in [2.75, 3.05) is 31.6 Å². The number of benzene rings is 2. The first-order valence-corrected chi connectivity index (χ1v) is 12.2. The summed E-state index contributed by atoms with van der Waals surface area (Å²) in [5.74, 6) is 0.168. The molecule has 3 rings (SSSR count). The van der Waals surface area contributed by atoms with Crippen LogP contribution < -0.4 is 10.1 Å². The lowest BCUT2D eigenvalue weighted by Crippen LogP contribution is -2.42. The quantitative estimate of drug-likeness (QED) is 0.381. The molecule has 0 heterocycles. The van der Waals surface area contributed by atoms with Gasteiger partial charge >= 0.3 is 12.0 Å². The monoisotopic (exact) mass is 508 g/mol. The number of amides is 2. The van der Waals surface area contributed by atoms with Gasteiger partial charge in [-0.05, 0) is 61.6 Å². The summed E-state index contributed by atoms with van der Waals surface area (Å²) in [5, 5.41) is 13.0. The van der Waals surface area contributed by atoms with Gasteiger partial charge in [-0.2, -0.15) is 0 Å². The van der Waals surface area contributed by atoms with Crippen LogP contribution in [0.3, 0.4) is 0 Å². The standard InChI is InChI=1S/C25H30Cl2N2O5/c1-2-33-23(24(30)31)14-17-6-9-20(10-7-17)34-13-12-29(16-18-4-3-5-18)25(32)28-22-11-8-19(26)15-21(22)27/h6-11,15,18,23H,2-5,12-14,16H2,1H3,(H,28,32)(H,30,31). The normalized spacial score (nSPS) is 14.2. The molecule has 0 aliphatic heterocycles. The van der Waals surface area contributed by atoms with E-state index in [1.54, 1.807) is 42.2 Å². The van der Waals surface area contributed by atoms with Gasteiger partial charge in [0.1, 0.15) is 12.4 Å². The minimum atomic E-state index is -0.980. The maximum absolute atomic E-state index is 12.9. The van der Waals surface area contributed by atoms with Gasteiger partial charge < -0.3 is 24.8 Å². The molecule has 2 amide bonds. The number of hydrogen-bond acceptors (Lipinski definition) is 4. The van der Waals surface area contributed by atoms with Crippen molar-refractivity contribution in [3.8, 4) is 5.75 Å². The maximum atomic E-state index is 12.9. The molecule has 1 atom stereocenters. The third-order valence-corrected chi connectivity index (χ3v) is 6.33. The number of halogens is 2. The van der Waals surface area contributed by atoms with Crippen molar-refractivity contribution in [2.24, 2.45) is 5.92 Å². The van der Waals surface area contributed by atoms with Crippen molar-refractivity contribution in [2.45, 2.75) is 38.7 Å². The summed E-state index contributed by atoms with van der Waals surface area (Å²) in [7, 11) is 0. The number of ether oxygens (including phenoxy) is 2. The molecule has 1 fully saturated rings. The zero-order valence-corrected chi connectivity index (χ0v) is 20.6. The Bertz CT molecular complexity index is 966. The van der Waals surface area contributed by atoms with E-state index < -0.39 is 12.1 Å². The van der Waals surface area contributed by atoms with Gasteiger partial charge in [-0.15, -0.1) is 0 Å². The van der Waals surface area contributed by atoms with Crippen LogP contribution in [0.15, 0.2) is 42.5 Å². The van der Waals surface area contributed by atoms with E-state index in [1.807, 2.05) is 12.1 Å². The number of carbonyl (C=O) groups excluding carboxylic acids is 1. The summed E-state index contributed by atoms with van der Waals surface area (Å²) in [6.45, 7) is 3.51. The van der Waals surface area contributed by atoms with E-state index in [1.165, 1.54) is 6.42 Å². The summed E-state index contributed by atoms with van der Waals surface area (Å²) >= 11 is 12.1. The molecule has 0 aromatic heterocycles. The van der Waals surface area contributed by atoms with Crippen LogP contribution in [0.1, 0.15) is 31.7 Å². The Morgan fingerprint density at radius 2 is 1.91 bits per heavy atom. The number of anilines is 1. The zero-order chi connectivity index (χ0) is 24.5. The van der Waals surface area contributed by atoms with Gasteiger partial charge in [0.25, 0.3) is 0 Å². The smallest absolute Gasteiger partial charge is 0.333 e. The van der Waals surface area contributed by atoms with Gasteiger partial charge in [0, 0.05) is 24.6 Å². The first-order chi connectivity index (χ1) is 16.4. The lowest BCUT2D eigenvalue weighted by atomic mass is 9.85. The average Bonchev–Trinajstić information content (AvgIpc) is 2.77. The van der Waals surface area contributed by atoms with Crippen molar-refractivity contribution in [3.63, 3.8) is 0 Å². The Morgan fingerprint density at radius 3 is 2.50 bits per heavy atom. The summed E-state index contributed by atoms with van der Waals surface area (Å²) in [4.78, 5) is 26.0. The number of hydrogen-bond donors (Lipinski definition) is 2. The van der Waals surface area contributed by atoms with Gasteiger partial charge in [-0.25, -0.2) is 9.59 Å². The second kappa shape index (κ2) is 12.8. The van der Waals surface area contributed by atoms with E-state index in [0.717, 1.165) is 18.4 Å². The maximum Gasteiger partial charge on any atom is 0.333 e. The van der Waals surface area contributed by atoms with Crippen LogP contribution >= 0.6 is 23.2 Å². The number of nitrogens with one attached hydrogen (secondary N) is 1. The number of carboxylic acid groups (broad SMARTS) is 1. The van der Waals surface area contributed by atoms with E-state index in [0.29, 0.717) is 53.7 Å². The number of carbonyl (C=O) groups is 2. The predicted octanol–water partition coefficient (Wildman–Crippen LogP) is 5.74. The van der Waals surface area contributed by atoms with E-state index >= 15 is 0 Å². The minimum Gasteiger partial charge on any atom is -0.492 e. The molecule has 9 heteroatoms. The summed E-state index contributed by atoms with van der Waals surface area (Å²) < 4.78 is 11.1. The summed E-state index contributed by atoms with van der Waals surface area (Å²) in [6.07, 6.45) is 2.84. The van der Waals surface area contributed by atoms with E-state index in [4.69, 9.17) is 32.7 Å². The Labute approximate surface area is 209 Å². The summed E-state index contributed by atoms with van der Waals surface area (Å²) in [5.41, 5.74) is 1.36. The van der Waals surface area contributed by atoms with Crippen LogP contribution in [-0.4, -0.2) is 54.4 Å². The van der Waals surface area contributed by atoms with Crippen LogP contribution in [0.5, 0.6) is 5.75 Å². The molecule has 2 aromatic carbocycles. The fourth-order valence-electron chi connectivity index (χ4n) is 3.68. The number of rotatable bonds is 12. The SMILES string of the molecule is CCOC(Cc1ccc(OCCN(CC2CCC2)C(=O)Nc2ccc(Cl)cc2Cl)cc1)C(=O)O. The molecular weight excluding hydrogens is 479 g/mol. The van der Waals surface area contributed by atoms with E-state index in [9.17, 15) is 14.7 Å². The number of urea groups is 1. The molecule has 2 N–H and O–H groups in total. The highest BCUT2D eigenvalue weighted by molar-refractivity contribution is 6.36. The van der Waals surface area contributed by atoms with Gasteiger partial charge in [-0.3, -0.25) is 0 Å². The Kier molecular flexibility index (Phi) is 9.86. The number of aliphatic carboxylic acids is 1. The molecule has 2 aromatic rings. The van der Waals surface area contributed by atoms with Gasteiger partial charge in [0.05, 0.1) is 17.3 Å². The van der Waals surface area contributed by atoms with E-state index in [-0.39, 0.29) is 12.5 Å². The molecule has 184 valence electrons. The van der Waals surface area contributed by atoms with Crippen LogP contribution in [0, 0.1) is 5.92 Å². The lowest BCUT2D eigenvalue weighted by Gasteiger charge is -2.32. The van der Waals surface area contributed by atoms with Gasteiger partial charge in [-0.1, -0.05) is 41.8 Å². The van der Waals surface area contributed by atoms with Crippen LogP contribution in [0.25, 0.3) is 0 Å². The minimum absolute atomic E-state index is 0.231. The van der Waals surface area contributed by atoms with Crippen LogP contribution in [0.4, 0.5) is 10.5 Å². The lowest BCUT2D eigenvalue weighted by molar-refractivity contribution is -0.149. The van der Waals surface area contributed by atoms with Crippen molar-refractivity contribution in [1.29, 1.82) is 0 Å². The zero-order valence-electron chi connectivity index (χ0n) is 19.1. The molecular formula is C25H30Cl2N2O5. The first kappa shape index (κ1) is 26.1. The molecule has 1 aliphatic carbocycles. The molecule has 0 bridgehead atoms. The highest BCUT2D eigenvalue weighted by atomic mass is 35.5. The third kappa shape index (κ3) is 7.79. The highest BCUT2D eigenvalue weighted by Gasteiger charge is 2.24. The largest absolute Gasteiger partial charge is 0.492 e. The fraction of sp³-hybridized carbons (Fsp3) is 0.440. The van der Waals surface area contributed by atoms with Crippen molar-refractivity contribution < 1.29 is 24.2 Å². The Morgan fingerprint density at radius 1 is 1.18 bits per heavy atom. The molecule has 0 radical (unpaired) electrons. The third-order valence-electron chi connectivity index (χ3n) is 5.78. The molecule has 1 unspecified atom stereocenters.